The van der Waals surface area contributed by atoms with Crippen LogP contribution in [0.1, 0.15) is 39.0 Å². The van der Waals surface area contributed by atoms with Crippen LogP contribution < -0.4 is 5.32 Å². The van der Waals surface area contributed by atoms with Crippen molar-refractivity contribution in [1.29, 1.82) is 0 Å². The zero-order valence-corrected chi connectivity index (χ0v) is 9.63. The van der Waals surface area contributed by atoms with Crippen LogP contribution in [-0.2, 0) is 0 Å². The van der Waals surface area contributed by atoms with Crippen LogP contribution in [0.5, 0.6) is 0 Å². The maximum absolute atomic E-state index is 3.70. The summed E-state index contributed by atoms with van der Waals surface area (Å²) in [6, 6.07) is 1.72. The lowest BCUT2D eigenvalue weighted by Gasteiger charge is -2.20. The molecule has 0 saturated heterocycles. The van der Waals surface area contributed by atoms with E-state index in [0.29, 0.717) is 0 Å². The van der Waals surface area contributed by atoms with Crippen molar-refractivity contribution in [1.82, 2.24) is 10.2 Å². The van der Waals surface area contributed by atoms with E-state index >= 15 is 0 Å². The summed E-state index contributed by atoms with van der Waals surface area (Å²) >= 11 is 0. The first-order chi connectivity index (χ1) is 6.81. The van der Waals surface area contributed by atoms with Crippen LogP contribution in [0.4, 0.5) is 0 Å². The Bertz CT molecular complexity index is 173. The summed E-state index contributed by atoms with van der Waals surface area (Å²) < 4.78 is 0. The Kier molecular flexibility index (Phi) is 3.45. The van der Waals surface area contributed by atoms with Gasteiger partial charge in [0.2, 0.25) is 0 Å². The first-order valence-corrected chi connectivity index (χ1v) is 6.25. The van der Waals surface area contributed by atoms with Crippen LogP contribution in [0.25, 0.3) is 0 Å². The van der Waals surface area contributed by atoms with Gasteiger partial charge in [0.1, 0.15) is 0 Å². The summed E-state index contributed by atoms with van der Waals surface area (Å²) in [6.45, 7) is 4.72. The van der Waals surface area contributed by atoms with Crippen molar-refractivity contribution in [2.45, 2.75) is 51.1 Å². The maximum Gasteiger partial charge on any atom is 0.0107 e. The van der Waals surface area contributed by atoms with Crippen molar-refractivity contribution in [2.24, 2.45) is 5.92 Å². The van der Waals surface area contributed by atoms with E-state index in [-0.39, 0.29) is 0 Å². The van der Waals surface area contributed by atoms with Crippen molar-refractivity contribution in [3.63, 3.8) is 0 Å². The molecule has 0 amide bonds. The van der Waals surface area contributed by atoms with Gasteiger partial charge < -0.3 is 10.2 Å². The van der Waals surface area contributed by atoms with Crippen molar-refractivity contribution >= 4 is 0 Å². The van der Waals surface area contributed by atoms with Gasteiger partial charge in [-0.3, -0.25) is 0 Å². The van der Waals surface area contributed by atoms with Crippen molar-refractivity contribution in [3.8, 4) is 0 Å². The molecule has 2 nitrogen and oxygen atoms in total. The third-order valence-corrected chi connectivity index (χ3v) is 3.67. The van der Waals surface area contributed by atoms with E-state index in [0.717, 1.165) is 18.0 Å². The number of rotatable bonds is 7. The van der Waals surface area contributed by atoms with Crippen molar-refractivity contribution < 1.29 is 0 Å². The van der Waals surface area contributed by atoms with Gasteiger partial charge >= 0.3 is 0 Å². The molecule has 82 valence electrons. The van der Waals surface area contributed by atoms with Gasteiger partial charge in [-0.15, -0.1) is 0 Å². The predicted octanol–water partition coefficient (Wildman–Crippen LogP) is 1.86. The van der Waals surface area contributed by atoms with E-state index < -0.39 is 0 Å². The molecule has 14 heavy (non-hydrogen) atoms. The monoisotopic (exact) mass is 196 g/mol. The molecule has 1 N–H and O–H groups in total. The minimum Gasteiger partial charge on any atom is -0.312 e. The second-order valence-electron chi connectivity index (χ2n) is 5.02. The summed E-state index contributed by atoms with van der Waals surface area (Å²) in [5.74, 6) is 1.01. The van der Waals surface area contributed by atoms with Gasteiger partial charge in [0, 0.05) is 25.2 Å². The van der Waals surface area contributed by atoms with E-state index in [1.54, 1.807) is 0 Å². The molecule has 0 bridgehead atoms. The van der Waals surface area contributed by atoms with Gasteiger partial charge in [-0.2, -0.15) is 0 Å². The van der Waals surface area contributed by atoms with Crippen LogP contribution in [0.2, 0.25) is 0 Å². The quantitative estimate of drug-likeness (QED) is 0.668. The van der Waals surface area contributed by atoms with Gasteiger partial charge in [0.15, 0.2) is 0 Å². The first kappa shape index (κ1) is 10.4. The van der Waals surface area contributed by atoms with Crippen LogP contribution in [0.3, 0.4) is 0 Å². The number of nitrogens with zero attached hydrogens (tertiary/aromatic N) is 1. The van der Waals surface area contributed by atoms with Crippen molar-refractivity contribution in [2.75, 3.05) is 20.1 Å². The van der Waals surface area contributed by atoms with E-state index in [2.05, 4.69) is 24.2 Å². The SMILES string of the molecule is CCC(NCCN(C)C1CC1)C1CC1. The molecule has 0 spiro atoms. The number of hydrogen-bond acceptors (Lipinski definition) is 2. The highest BCUT2D eigenvalue weighted by atomic mass is 15.2. The van der Waals surface area contributed by atoms with Gasteiger partial charge in [0.25, 0.3) is 0 Å². The molecule has 0 heterocycles. The Labute approximate surface area is 88.1 Å². The molecule has 0 radical (unpaired) electrons. The molecule has 0 aromatic heterocycles. The van der Waals surface area contributed by atoms with Gasteiger partial charge in [-0.1, -0.05) is 6.92 Å². The summed E-state index contributed by atoms with van der Waals surface area (Å²) in [5.41, 5.74) is 0. The maximum atomic E-state index is 3.70. The number of hydrogen-bond donors (Lipinski definition) is 1. The van der Waals surface area contributed by atoms with Gasteiger partial charge in [-0.25, -0.2) is 0 Å². The molecule has 2 heteroatoms. The molecule has 2 aliphatic rings. The van der Waals surface area contributed by atoms with Crippen LogP contribution in [-0.4, -0.2) is 37.1 Å². The molecule has 1 unspecified atom stereocenters. The molecule has 2 aliphatic carbocycles. The smallest absolute Gasteiger partial charge is 0.0107 e. The van der Waals surface area contributed by atoms with E-state index in [1.807, 2.05) is 0 Å². The minimum absolute atomic E-state index is 0.808. The molecule has 0 aromatic carbocycles. The van der Waals surface area contributed by atoms with E-state index in [9.17, 15) is 0 Å². The van der Waals surface area contributed by atoms with Gasteiger partial charge in [-0.05, 0) is 45.1 Å². The molecule has 2 fully saturated rings. The second-order valence-corrected chi connectivity index (χ2v) is 5.02. The second kappa shape index (κ2) is 4.63. The Morgan fingerprint density at radius 1 is 1.29 bits per heavy atom. The lowest BCUT2D eigenvalue weighted by atomic mass is 10.1. The largest absolute Gasteiger partial charge is 0.312 e. The molecule has 0 aliphatic heterocycles. The summed E-state index contributed by atoms with van der Waals surface area (Å²) in [6.07, 6.45) is 7.08. The fourth-order valence-corrected chi connectivity index (χ4v) is 2.27. The average Bonchev–Trinajstić information content (AvgIpc) is 3.05. The Hall–Kier alpha value is -0.0800. The zero-order chi connectivity index (χ0) is 9.97. The highest BCUT2D eigenvalue weighted by Gasteiger charge is 2.30. The lowest BCUT2D eigenvalue weighted by Crippen LogP contribution is -2.37. The van der Waals surface area contributed by atoms with E-state index in [4.69, 9.17) is 0 Å². The van der Waals surface area contributed by atoms with E-state index in [1.165, 1.54) is 45.2 Å². The third kappa shape index (κ3) is 2.96. The molecule has 0 aromatic rings. The summed E-state index contributed by atoms with van der Waals surface area (Å²) in [5, 5.41) is 3.70. The predicted molar refractivity (Wildman–Crippen MR) is 60.5 cm³/mol. The Morgan fingerprint density at radius 2 is 2.00 bits per heavy atom. The molecular weight excluding hydrogens is 172 g/mol. The highest BCUT2D eigenvalue weighted by molar-refractivity contribution is 4.86. The number of nitrogens with one attached hydrogen (secondary N) is 1. The average molecular weight is 196 g/mol. The highest BCUT2D eigenvalue weighted by Crippen LogP contribution is 2.33. The van der Waals surface area contributed by atoms with Crippen LogP contribution in [0.15, 0.2) is 0 Å². The number of likely N-dealkylation sites (N-methyl/N-ethyl adjacent to an activating group) is 1. The fraction of sp³-hybridized carbons (Fsp3) is 1.00. The standard InChI is InChI=1S/C12H24N2/c1-3-12(10-4-5-10)13-8-9-14(2)11-6-7-11/h10-13H,3-9H2,1-2H3. The Balaban J connectivity index is 1.55. The van der Waals surface area contributed by atoms with Crippen LogP contribution in [0, 0.1) is 5.92 Å². The molecule has 2 rings (SSSR count). The lowest BCUT2D eigenvalue weighted by molar-refractivity contribution is 0.308. The fourth-order valence-electron chi connectivity index (χ4n) is 2.27. The topological polar surface area (TPSA) is 15.3 Å². The Morgan fingerprint density at radius 3 is 2.50 bits per heavy atom. The molecular formula is C12H24N2. The summed E-state index contributed by atoms with van der Waals surface area (Å²) in [4.78, 5) is 2.51. The zero-order valence-electron chi connectivity index (χ0n) is 9.63. The minimum atomic E-state index is 0.808. The third-order valence-electron chi connectivity index (χ3n) is 3.67. The first-order valence-electron chi connectivity index (χ1n) is 6.25. The molecule has 2 saturated carbocycles. The van der Waals surface area contributed by atoms with Crippen molar-refractivity contribution in [3.05, 3.63) is 0 Å². The normalized spacial score (nSPS) is 24.2. The molecule has 1 atom stereocenters. The van der Waals surface area contributed by atoms with Crippen LogP contribution >= 0.6 is 0 Å². The summed E-state index contributed by atoms with van der Waals surface area (Å²) in [7, 11) is 2.26. The van der Waals surface area contributed by atoms with Gasteiger partial charge in [0.05, 0.1) is 0 Å².